The highest BCUT2D eigenvalue weighted by atomic mass is 35.5. The van der Waals surface area contributed by atoms with E-state index >= 15 is 0 Å². The Morgan fingerprint density at radius 1 is 1.29 bits per heavy atom. The van der Waals surface area contributed by atoms with Gasteiger partial charge in [0, 0.05) is 21.1 Å². The molecule has 1 aliphatic rings. The van der Waals surface area contributed by atoms with Crippen molar-refractivity contribution in [2.24, 2.45) is 0 Å². The van der Waals surface area contributed by atoms with E-state index in [1.807, 2.05) is 17.8 Å². The summed E-state index contributed by atoms with van der Waals surface area (Å²) < 4.78 is 0.890. The second-order valence-electron chi connectivity index (χ2n) is 5.44. The average Bonchev–Trinajstić information content (AvgIpc) is 3.09. The number of hydrogen-bond acceptors (Lipinski definition) is 3. The lowest BCUT2D eigenvalue weighted by Gasteiger charge is -2.23. The Morgan fingerprint density at radius 3 is 2.86 bits per heavy atom. The highest BCUT2D eigenvalue weighted by Crippen LogP contribution is 2.39. The Hall–Kier alpha value is -0.480. The van der Waals surface area contributed by atoms with E-state index < -0.39 is 0 Å². The number of hydrogen-bond donors (Lipinski definition) is 1. The van der Waals surface area contributed by atoms with E-state index in [4.69, 9.17) is 11.6 Å². The zero-order valence-electron chi connectivity index (χ0n) is 12.1. The summed E-state index contributed by atoms with van der Waals surface area (Å²) in [6, 6.07) is 13.5. The Balaban J connectivity index is 1.71. The van der Waals surface area contributed by atoms with Crippen LogP contribution in [-0.4, -0.2) is 17.8 Å². The minimum Gasteiger partial charge on any atom is -0.313 e. The van der Waals surface area contributed by atoms with Crippen molar-refractivity contribution in [2.45, 2.75) is 42.4 Å². The minimum absolute atomic E-state index is 0.511. The molecule has 0 saturated carbocycles. The predicted molar refractivity (Wildman–Crippen MR) is 94.9 cm³/mol. The molecule has 1 aromatic heterocycles. The SMILES string of the molecule is CCCNC(Cc1ccc(Cl)s1)C1Cc2ccccc2S1. The van der Waals surface area contributed by atoms with E-state index in [1.165, 1.54) is 28.2 Å². The Labute approximate surface area is 140 Å². The summed E-state index contributed by atoms with van der Waals surface area (Å²) in [4.78, 5) is 2.83. The van der Waals surface area contributed by atoms with Gasteiger partial charge in [0.25, 0.3) is 0 Å². The van der Waals surface area contributed by atoms with Gasteiger partial charge in [-0.2, -0.15) is 0 Å². The quantitative estimate of drug-likeness (QED) is 0.793. The molecule has 0 spiro atoms. The molecule has 4 heteroatoms. The normalized spacial score (nSPS) is 18.7. The third-order valence-electron chi connectivity index (χ3n) is 3.83. The fourth-order valence-corrected chi connectivity index (χ4v) is 5.33. The van der Waals surface area contributed by atoms with E-state index in [0.717, 1.165) is 17.3 Å². The molecular formula is C17H20ClNS2. The molecule has 0 fully saturated rings. The van der Waals surface area contributed by atoms with Gasteiger partial charge in [0.15, 0.2) is 0 Å². The molecule has 0 bridgehead atoms. The van der Waals surface area contributed by atoms with Crippen LogP contribution in [0.4, 0.5) is 0 Å². The molecule has 112 valence electrons. The van der Waals surface area contributed by atoms with Gasteiger partial charge in [-0.3, -0.25) is 0 Å². The third kappa shape index (κ3) is 3.84. The topological polar surface area (TPSA) is 12.0 Å². The van der Waals surface area contributed by atoms with Crippen LogP contribution in [0.15, 0.2) is 41.3 Å². The minimum atomic E-state index is 0.511. The maximum atomic E-state index is 6.07. The molecule has 1 aromatic carbocycles. The predicted octanol–water partition coefficient (Wildman–Crippen LogP) is 5.03. The summed E-state index contributed by atoms with van der Waals surface area (Å²) in [6.45, 7) is 3.31. The Bertz CT molecular complexity index is 571. The van der Waals surface area contributed by atoms with E-state index in [-0.39, 0.29) is 0 Å². The third-order valence-corrected chi connectivity index (χ3v) is 6.53. The van der Waals surface area contributed by atoms with Gasteiger partial charge >= 0.3 is 0 Å². The number of thiophene rings is 1. The summed E-state index contributed by atoms with van der Waals surface area (Å²) in [5, 5.41) is 4.37. The summed E-state index contributed by atoms with van der Waals surface area (Å²) in [5.74, 6) is 0. The summed E-state index contributed by atoms with van der Waals surface area (Å²) >= 11 is 9.81. The molecule has 2 atom stereocenters. The van der Waals surface area contributed by atoms with Gasteiger partial charge in [0.2, 0.25) is 0 Å². The monoisotopic (exact) mass is 337 g/mol. The Morgan fingerprint density at radius 2 is 2.14 bits per heavy atom. The van der Waals surface area contributed by atoms with Gasteiger partial charge in [-0.1, -0.05) is 36.7 Å². The largest absolute Gasteiger partial charge is 0.313 e. The second-order valence-corrected chi connectivity index (χ2v) is 8.52. The van der Waals surface area contributed by atoms with Crippen molar-refractivity contribution in [3.63, 3.8) is 0 Å². The molecule has 0 radical (unpaired) electrons. The van der Waals surface area contributed by atoms with Gasteiger partial charge in [-0.15, -0.1) is 23.1 Å². The molecule has 0 amide bonds. The maximum absolute atomic E-state index is 6.07. The summed E-state index contributed by atoms with van der Waals surface area (Å²) in [7, 11) is 0. The molecule has 2 unspecified atom stereocenters. The van der Waals surface area contributed by atoms with Crippen molar-refractivity contribution >= 4 is 34.7 Å². The van der Waals surface area contributed by atoms with Crippen LogP contribution in [-0.2, 0) is 12.8 Å². The highest BCUT2D eigenvalue weighted by Gasteiger charge is 2.29. The first kappa shape index (κ1) is 15.4. The summed E-state index contributed by atoms with van der Waals surface area (Å²) in [6.07, 6.45) is 3.41. The molecule has 21 heavy (non-hydrogen) atoms. The first-order valence-corrected chi connectivity index (χ1v) is 9.56. The zero-order chi connectivity index (χ0) is 14.7. The van der Waals surface area contributed by atoms with Crippen molar-refractivity contribution in [3.05, 3.63) is 51.2 Å². The van der Waals surface area contributed by atoms with Gasteiger partial charge in [0.1, 0.15) is 0 Å². The fraction of sp³-hybridized carbons (Fsp3) is 0.412. The molecule has 1 N–H and O–H groups in total. The van der Waals surface area contributed by atoms with Crippen LogP contribution in [0.3, 0.4) is 0 Å². The van der Waals surface area contributed by atoms with Crippen molar-refractivity contribution < 1.29 is 0 Å². The maximum Gasteiger partial charge on any atom is 0.0931 e. The van der Waals surface area contributed by atoms with Crippen LogP contribution >= 0.6 is 34.7 Å². The van der Waals surface area contributed by atoms with Crippen LogP contribution < -0.4 is 5.32 Å². The zero-order valence-corrected chi connectivity index (χ0v) is 14.5. The van der Waals surface area contributed by atoms with Crippen molar-refractivity contribution in [2.75, 3.05) is 6.54 Å². The fourth-order valence-electron chi connectivity index (χ4n) is 2.78. The van der Waals surface area contributed by atoms with Crippen LogP contribution in [0.2, 0.25) is 4.34 Å². The van der Waals surface area contributed by atoms with Crippen molar-refractivity contribution in [3.8, 4) is 0 Å². The Kier molecular flexibility index (Phi) is 5.28. The molecule has 3 rings (SSSR count). The van der Waals surface area contributed by atoms with Crippen molar-refractivity contribution in [1.82, 2.24) is 5.32 Å². The number of thioether (sulfide) groups is 1. The molecular weight excluding hydrogens is 318 g/mol. The molecule has 1 aliphatic heterocycles. The average molecular weight is 338 g/mol. The van der Waals surface area contributed by atoms with Crippen LogP contribution in [0.5, 0.6) is 0 Å². The first-order valence-electron chi connectivity index (χ1n) is 7.48. The van der Waals surface area contributed by atoms with E-state index in [9.17, 15) is 0 Å². The number of nitrogens with one attached hydrogen (secondary N) is 1. The van der Waals surface area contributed by atoms with E-state index in [1.54, 1.807) is 11.3 Å². The van der Waals surface area contributed by atoms with Gasteiger partial charge in [0.05, 0.1) is 4.34 Å². The lowest BCUT2D eigenvalue weighted by atomic mass is 10.0. The first-order chi connectivity index (χ1) is 10.3. The van der Waals surface area contributed by atoms with Crippen LogP contribution in [0, 0.1) is 0 Å². The number of fused-ring (bicyclic) bond motifs is 1. The van der Waals surface area contributed by atoms with Gasteiger partial charge in [-0.05, 0) is 49.6 Å². The van der Waals surface area contributed by atoms with Crippen molar-refractivity contribution in [1.29, 1.82) is 0 Å². The van der Waals surface area contributed by atoms with E-state index in [0.29, 0.717) is 11.3 Å². The van der Waals surface area contributed by atoms with Crippen LogP contribution in [0.25, 0.3) is 0 Å². The van der Waals surface area contributed by atoms with Gasteiger partial charge < -0.3 is 5.32 Å². The van der Waals surface area contributed by atoms with E-state index in [2.05, 4.69) is 42.6 Å². The lowest BCUT2D eigenvalue weighted by molar-refractivity contribution is 0.493. The number of benzene rings is 1. The lowest BCUT2D eigenvalue weighted by Crippen LogP contribution is -2.40. The second kappa shape index (κ2) is 7.19. The summed E-state index contributed by atoms with van der Waals surface area (Å²) in [5.41, 5.74) is 1.50. The molecule has 0 aliphatic carbocycles. The smallest absolute Gasteiger partial charge is 0.0931 e. The van der Waals surface area contributed by atoms with Gasteiger partial charge in [-0.25, -0.2) is 0 Å². The molecule has 0 saturated heterocycles. The number of rotatable bonds is 6. The highest BCUT2D eigenvalue weighted by molar-refractivity contribution is 8.00. The molecule has 1 nitrogen and oxygen atoms in total. The molecule has 2 heterocycles. The number of halogens is 1. The standard InChI is InChI=1S/C17H20ClNS2/c1-2-9-19-14(11-13-7-8-17(18)20-13)16-10-12-5-3-4-6-15(12)21-16/h3-8,14,16,19H,2,9-11H2,1H3. The van der Waals surface area contributed by atoms with Crippen LogP contribution in [0.1, 0.15) is 23.8 Å². The molecule has 2 aromatic rings.